The number of pyridine rings is 1. The van der Waals surface area contributed by atoms with Crippen LogP contribution in [-0.4, -0.2) is 13.4 Å². The van der Waals surface area contributed by atoms with Gasteiger partial charge in [-0.25, -0.2) is 17.8 Å². The van der Waals surface area contributed by atoms with Crippen LogP contribution in [0.5, 0.6) is 0 Å². The number of rotatable bonds is 4. The number of nitrogens with one attached hydrogen (secondary N) is 1. The zero-order chi connectivity index (χ0) is 21.4. The van der Waals surface area contributed by atoms with Crippen molar-refractivity contribution in [3.05, 3.63) is 77.2 Å². The van der Waals surface area contributed by atoms with Crippen LogP contribution in [0.2, 0.25) is 0 Å². The Labute approximate surface area is 165 Å². The van der Waals surface area contributed by atoms with Crippen LogP contribution >= 0.6 is 0 Å². The number of halogens is 4. The lowest BCUT2D eigenvalue weighted by molar-refractivity contribution is -0.137. The third-order valence-electron chi connectivity index (χ3n) is 4.29. The summed E-state index contributed by atoms with van der Waals surface area (Å²) in [5.41, 5.74) is 1.41. The summed E-state index contributed by atoms with van der Waals surface area (Å²) >= 11 is 0. The number of benzene rings is 2. The van der Waals surface area contributed by atoms with E-state index in [-0.39, 0.29) is 5.82 Å². The summed E-state index contributed by atoms with van der Waals surface area (Å²) in [6, 6.07) is 10.7. The first kappa shape index (κ1) is 20.8. The van der Waals surface area contributed by atoms with Gasteiger partial charge in [-0.3, -0.25) is 4.72 Å². The maximum absolute atomic E-state index is 13.6. The molecule has 2 aromatic carbocycles. The highest BCUT2D eigenvalue weighted by atomic mass is 32.2. The molecule has 1 aromatic heterocycles. The molecule has 3 aromatic rings. The van der Waals surface area contributed by atoms with E-state index >= 15 is 0 Å². The Morgan fingerprint density at radius 1 is 0.931 bits per heavy atom. The largest absolute Gasteiger partial charge is 0.416 e. The molecule has 0 radical (unpaired) electrons. The summed E-state index contributed by atoms with van der Waals surface area (Å²) in [7, 11) is -4.28. The third-order valence-corrected chi connectivity index (χ3v) is 5.64. The van der Waals surface area contributed by atoms with Gasteiger partial charge in [0.15, 0.2) is 0 Å². The van der Waals surface area contributed by atoms with Crippen molar-refractivity contribution in [3.8, 4) is 11.1 Å². The van der Waals surface area contributed by atoms with E-state index in [1.165, 1.54) is 18.2 Å². The molecule has 9 heteroatoms. The molecular formula is C20H16F4N2O2S. The van der Waals surface area contributed by atoms with Gasteiger partial charge in [0.1, 0.15) is 11.6 Å². The van der Waals surface area contributed by atoms with Crippen molar-refractivity contribution in [1.29, 1.82) is 0 Å². The number of hydrogen-bond acceptors (Lipinski definition) is 3. The second kappa shape index (κ2) is 7.47. The highest BCUT2D eigenvalue weighted by Crippen LogP contribution is 2.31. The molecule has 29 heavy (non-hydrogen) atoms. The number of aromatic nitrogens is 1. The van der Waals surface area contributed by atoms with Gasteiger partial charge in [-0.15, -0.1) is 0 Å². The molecular weight excluding hydrogens is 408 g/mol. The van der Waals surface area contributed by atoms with Crippen molar-refractivity contribution in [1.82, 2.24) is 4.98 Å². The summed E-state index contributed by atoms with van der Waals surface area (Å²) in [5.74, 6) is -0.475. The van der Waals surface area contributed by atoms with E-state index in [9.17, 15) is 26.0 Å². The average Bonchev–Trinajstić information content (AvgIpc) is 2.63. The molecule has 1 heterocycles. The van der Waals surface area contributed by atoms with Crippen molar-refractivity contribution >= 4 is 15.8 Å². The van der Waals surface area contributed by atoms with Crippen molar-refractivity contribution in [2.45, 2.75) is 24.9 Å². The number of nitrogens with zero attached hydrogens (tertiary/aromatic N) is 1. The SMILES string of the molecule is Cc1ccc(F)cc1-c1ccc(NS(=O)(=O)c2cccc(C(F)(F)F)c2)nc1C. The van der Waals surface area contributed by atoms with Crippen LogP contribution in [0.25, 0.3) is 11.1 Å². The molecule has 0 aliphatic carbocycles. The van der Waals surface area contributed by atoms with Gasteiger partial charge in [-0.1, -0.05) is 12.1 Å². The topological polar surface area (TPSA) is 59.1 Å². The second-order valence-electron chi connectivity index (χ2n) is 6.42. The van der Waals surface area contributed by atoms with Crippen molar-refractivity contribution in [2.24, 2.45) is 0 Å². The van der Waals surface area contributed by atoms with E-state index in [1.54, 1.807) is 26.0 Å². The molecule has 3 rings (SSSR count). The summed E-state index contributed by atoms with van der Waals surface area (Å²) < 4.78 is 79.3. The third kappa shape index (κ3) is 4.56. The molecule has 0 saturated heterocycles. The minimum atomic E-state index is -4.66. The lowest BCUT2D eigenvalue weighted by Gasteiger charge is -2.13. The number of aryl methyl sites for hydroxylation is 2. The highest BCUT2D eigenvalue weighted by molar-refractivity contribution is 7.92. The predicted molar refractivity (Wildman–Crippen MR) is 101 cm³/mol. The normalized spacial score (nSPS) is 12.1. The number of sulfonamides is 1. The Morgan fingerprint density at radius 2 is 1.66 bits per heavy atom. The molecule has 0 spiro atoms. The van der Waals surface area contributed by atoms with Crippen LogP contribution in [-0.2, 0) is 16.2 Å². The van der Waals surface area contributed by atoms with E-state index in [0.717, 1.165) is 23.8 Å². The number of anilines is 1. The van der Waals surface area contributed by atoms with E-state index in [1.807, 2.05) is 0 Å². The Hall–Kier alpha value is -2.94. The fourth-order valence-electron chi connectivity index (χ4n) is 2.82. The van der Waals surface area contributed by atoms with E-state index < -0.39 is 32.5 Å². The fourth-order valence-corrected chi connectivity index (χ4v) is 3.87. The monoisotopic (exact) mass is 424 g/mol. The van der Waals surface area contributed by atoms with Gasteiger partial charge >= 0.3 is 6.18 Å². The standard InChI is InChI=1S/C20H16F4N2O2S/c1-12-6-7-15(21)11-18(12)17-8-9-19(25-13(17)2)26-29(27,28)16-5-3-4-14(10-16)20(22,23)24/h3-11H,1-2H3,(H,25,26). The molecule has 0 amide bonds. The molecule has 4 nitrogen and oxygen atoms in total. The summed E-state index contributed by atoms with van der Waals surface area (Å²) in [6.45, 7) is 3.43. The van der Waals surface area contributed by atoms with Crippen molar-refractivity contribution < 1.29 is 26.0 Å². The van der Waals surface area contributed by atoms with Crippen LogP contribution in [0.1, 0.15) is 16.8 Å². The van der Waals surface area contributed by atoms with E-state index in [4.69, 9.17) is 0 Å². The second-order valence-corrected chi connectivity index (χ2v) is 8.10. The quantitative estimate of drug-likeness (QED) is 0.577. The van der Waals surface area contributed by atoms with Gasteiger partial charge in [-0.05, 0) is 67.4 Å². The van der Waals surface area contributed by atoms with Crippen LogP contribution in [0.15, 0.2) is 59.5 Å². The Balaban J connectivity index is 1.93. The van der Waals surface area contributed by atoms with Crippen molar-refractivity contribution in [3.63, 3.8) is 0 Å². The Morgan fingerprint density at radius 3 is 2.31 bits per heavy atom. The van der Waals surface area contributed by atoms with Crippen LogP contribution in [0.3, 0.4) is 0 Å². The smallest absolute Gasteiger partial charge is 0.263 e. The number of hydrogen-bond donors (Lipinski definition) is 1. The maximum Gasteiger partial charge on any atom is 0.416 e. The average molecular weight is 424 g/mol. The first-order valence-electron chi connectivity index (χ1n) is 8.41. The zero-order valence-electron chi connectivity index (χ0n) is 15.4. The van der Waals surface area contributed by atoms with Gasteiger partial charge in [0.25, 0.3) is 10.0 Å². The molecule has 0 atom stereocenters. The molecule has 0 aliphatic heterocycles. The van der Waals surface area contributed by atoms with Gasteiger partial charge in [0.2, 0.25) is 0 Å². The minimum Gasteiger partial charge on any atom is -0.263 e. The zero-order valence-corrected chi connectivity index (χ0v) is 16.2. The minimum absolute atomic E-state index is 0.0577. The first-order valence-corrected chi connectivity index (χ1v) is 9.90. The lowest BCUT2D eigenvalue weighted by Crippen LogP contribution is -2.15. The Bertz CT molecular complexity index is 1180. The number of alkyl halides is 3. The van der Waals surface area contributed by atoms with Gasteiger partial charge in [0.05, 0.1) is 10.5 Å². The van der Waals surface area contributed by atoms with Gasteiger partial charge in [-0.2, -0.15) is 13.2 Å². The summed E-state index contributed by atoms with van der Waals surface area (Å²) in [6.07, 6.45) is -4.66. The summed E-state index contributed by atoms with van der Waals surface area (Å²) in [5, 5.41) is 0. The lowest BCUT2D eigenvalue weighted by atomic mass is 9.99. The molecule has 1 N–H and O–H groups in total. The van der Waals surface area contributed by atoms with E-state index in [2.05, 4.69) is 9.71 Å². The molecule has 0 fully saturated rings. The highest BCUT2D eigenvalue weighted by Gasteiger charge is 2.31. The van der Waals surface area contributed by atoms with Crippen LogP contribution in [0.4, 0.5) is 23.4 Å². The predicted octanol–water partition coefficient (Wildman–Crippen LogP) is 5.32. The molecule has 0 unspecified atom stereocenters. The van der Waals surface area contributed by atoms with Crippen LogP contribution < -0.4 is 4.72 Å². The maximum atomic E-state index is 13.6. The van der Waals surface area contributed by atoms with Gasteiger partial charge in [0, 0.05) is 11.3 Å². The fraction of sp³-hybridized carbons (Fsp3) is 0.150. The van der Waals surface area contributed by atoms with E-state index in [0.29, 0.717) is 22.9 Å². The van der Waals surface area contributed by atoms with Gasteiger partial charge < -0.3 is 0 Å². The molecule has 0 saturated carbocycles. The molecule has 0 bridgehead atoms. The van der Waals surface area contributed by atoms with Crippen LogP contribution in [0, 0.1) is 19.7 Å². The molecule has 152 valence electrons. The summed E-state index contributed by atoms with van der Waals surface area (Å²) in [4.78, 5) is 3.64. The molecule has 0 aliphatic rings. The Kier molecular flexibility index (Phi) is 5.36. The van der Waals surface area contributed by atoms with Crippen molar-refractivity contribution in [2.75, 3.05) is 4.72 Å². The first-order chi connectivity index (χ1) is 13.5.